The number of aliphatic hydroxyl groups is 2. The van der Waals surface area contributed by atoms with Gasteiger partial charge in [0.25, 0.3) is 0 Å². The van der Waals surface area contributed by atoms with E-state index in [-0.39, 0.29) is 53.3 Å². The molecule has 15 nitrogen and oxygen atoms in total. The van der Waals surface area contributed by atoms with Crippen LogP contribution in [0.1, 0.15) is 127 Å². The predicted octanol–water partition coefficient (Wildman–Crippen LogP) is 9.51. The number of carboxylic acid groups (broad SMARTS) is 1. The van der Waals surface area contributed by atoms with Crippen molar-refractivity contribution in [2.75, 3.05) is 27.2 Å². The number of benzene rings is 4. The minimum atomic E-state index is -0.817. The molecule has 4 aliphatic rings. The molecule has 10 rings (SSSR count). The summed E-state index contributed by atoms with van der Waals surface area (Å²) in [6.45, 7) is 8.35. The minimum absolute atomic E-state index is 0.00646. The molecule has 0 radical (unpaired) electrons. The number of aromatic nitrogens is 2. The number of carbonyl (C=O) groups is 4. The molecule has 2 aromatic heterocycles. The van der Waals surface area contributed by atoms with Gasteiger partial charge in [-0.2, -0.15) is 0 Å². The third kappa shape index (κ3) is 13.9. The maximum atomic E-state index is 14.4. The fraction of sp³-hybridized carbons (Fsp3) is 0.500. The van der Waals surface area contributed by atoms with E-state index >= 15 is 0 Å². The standard InChI is InChI=1S/C30H37FN4O3S.C26H30FN3O2S.C4H9NO2/c1-18(32-3)27(36)34-26(19-12-14-30(2,38)15-13-19)29(37)35-16-6-9-25(35)28-33-24(17-39-28)22-10-11-23(31)21-8-5-4-7-20(21)22;1-26(32)12-10-16(11-13-26)23(28)25(31)30-14-4-7-22(30)24-29-21(15-33-24)19-8-9-20(27)18-6-3-2-5-17(18)19;1-3(5-2)4(6)7/h4-5,7-8,10-11,17-19,25-26,32,38H,6,9,12-16H2,1-3H3,(H,34,36);2-3,5-6,8-9,15-16,22-23,32H,4,7,10-14,28H2,1H3;3,5H,1-2H3,(H,6,7)/t18-,19?,25-,26-,30?;16?,22-,23-,26?;3-/m000/s1. The highest BCUT2D eigenvalue weighted by Gasteiger charge is 2.43. The summed E-state index contributed by atoms with van der Waals surface area (Å²) in [5.41, 5.74) is 8.42. The molecule has 4 fully saturated rings. The molecular weight excluding hydrogens is 1050 g/mol. The van der Waals surface area contributed by atoms with Gasteiger partial charge in [0.15, 0.2) is 0 Å². The van der Waals surface area contributed by atoms with E-state index in [4.69, 9.17) is 20.8 Å². The van der Waals surface area contributed by atoms with E-state index in [0.29, 0.717) is 62.4 Å². The van der Waals surface area contributed by atoms with Gasteiger partial charge in [-0.05, 0) is 166 Å². The van der Waals surface area contributed by atoms with Crippen LogP contribution in [0.25, 0.3) is 44.1 Å². The molecule has 2 aliphatic carbocycles. The quantitative estimate of drug-likeness (QED) is 0.0575. The van der Waals surface area contributed by atoms with Gasteiger partial charge in [0.2, 0.25) is 17.7 Å². The van der Waals surface area contributed by atoms with Crippen LogP contribution in [0.15, 0.2) is 83.6 Å². The number of aliphatic carboxylic acids is 1. The van der Waals surface area contributed by atoms with Gasteiger partial charge in [0, 0.05) is 45.7 Å². The number of hydrogen-bond donors (Lipinski definition) is 7. The number of nitrogens with zero attached hydrogens (tertiary/aromatic N) is 4. The van der Waals surface area contributed by atoms with Crippen LogP contribution in [0.3, 0.4) is 0 Å². The van der Waals surface area contributed by atoms with Crippen LogP contribution >= 0.6 is 22.7 Å². The summed E-state index contributed by atoms with van der Waals surface area (Å²) >= 11 is 3.07. The topological polar surface area (TPSA) is 223 Å². The molecule has 0 bridgehead atoms. The molecule has 2 aliphatic heterocycles. The number of carbonyl (C=O) groups excluding carboxylic acids is 3. The van der Waals surface area contributed by atoms with Gasteiger partial charge < -0.3 is 46.8 Å². The molecule has 2 saturated heterocycles. The van der Waals surface area contributed by atoms with Crippen molar-refractivity contribution >= 4 is 67.9 Å². The van der Waals surface area contributed by atoms with Crippen LogP contribution < -0.4 is 21.7 Å². The van der Waals surface area contributed by atoms with Crippen LogP contribution in [-0.2, 0) is 19.2 Å². The third-order valence-corrected chi connectivity index (χ3v) is 18.5. The second-order valence-electron chi connectivity index (χ2n) is 22.3. The predicted molar refractivity (Wildman–Crippen MR) is 307 cm³/mol. The van der Waals surface area contributed by atoms with Gasteiger partial charge in [0.05, 0.1) is 46.8 Å². The molecule has 424 valence electrons. The Bertz CT molecular complexity index is 3090. The number of likely N-dealkylation sites (tertiary alicyclic amines) is 2. The van der Waals surface area contributed by atoms with Gasteiger partial charge in [-0.25, -0.2) is 18.7 Å². The largest absolute Gasteiger partial charge is 0.480 e. The molecule has 4 heterocycles. The van der Waals surface area contributed by atoms with Gasteiger partial charge in [-0.3, -0.25) is 19.2 Å². The van der Waals surface area contributed by atoms with Crippen molar-refractivity contribution in [2.24, 2.45) is 17.6 Å². The van der Waals surface area contributed by atoms with E-state index in [2.05, 4.69) is 16.0 Å². The van der Waals surface area contributed by atoms with Crippen molar-refractivity contribution in [3.05, 3.63) is 105 Å². The first-order chi connectivity index (χ1) is 37.7. The Labute approximate surface area is 469 Å². The van der Waals surface area contributed by atoms with Crippen molar-refractivity contribution in [3.8, 4) is 22.5 Å². The number of nitrogens with two attached hydrogens (primary N) is 1. The molecule has 6 aromatic rings. The van der Waals surface area contributed by atoms with Crippen LogP contribution in [0.4, 0.5) is 8.78 Å². The van der Waals surface area contributed by atoms with Gasteiger partial charge in [0.1, 0.15) is 33.7 Å². The first-order valence-corrected chi connectivity index (χ1v) is 29.4. The fourth-order valence-electron chi connectivity index (χ4n) is 11.4. The highest BCUT2D eigenvalue weighted by Crippen LogP contribution is 2.42. The Morgan fingerprint density at radius 2 is 1.05 bits per heavy atom. The van der Waals surface area contributed by atoms with Gasteiger partial charge in [-0.15, -0.1) is 22.7 Å². The monoisotopic (exact) mass is 1120 g/mol. The molecule has 2 saturated carbocycles. The summed E-state index contributed by atoms with van der Waals surface area (Å²) in [5.74, 6) is -1.54. The zero-order valence-electron chi connectivity index (χ0n) is 46.0. The second kappa shape index (κ2) is 25.8. The summed E-state index contributed by atoms with van der Waals surface area (Å²) in [7, 11) is 3.33. The molecule has 79 heavy (non-hydrogen) atoms. The summed E-state index contributed by atoms with van der Waals surface area (Å²) < 4.78 is 28.7. The van der Waals surface area contributed by atoms with Gasteiger partial charge >= 0.3 is 5.97 Å². The number of likely N-dealkylation sites (N-methyl/N-ethyl adjacent to an activating group) is 2. The first-order valence-electron chi connectivity index (χ1n) is 27.7. The van der Waals surface area contributed by atoms with Crippen molar-refractivity contribution < 1.29 is 43.3 Å². The lowest BCUT2D eigenvalue weighted by Gasteiger charge is -2.39. The lowest BCUT2D eigenvalue weighted by Crippen LogP contribution is -2.56. The van der Waals surface area contributed by atoms with E-state index in [1.54, 1.807) is 63.5 Å². The number of nitrogens with one attached hydrogen (secondary N) is 3. The highest BCUT2D eigenvalue weighted by atomic mass is 32.1. The SMILES string of the molecule is CC1(O)CCC([C@H](N)C(=O)N2CCC[C@H]2c2nc(-c3ccc(F)c4ccccc34)cs2)CC1.CN[C@@H](C)C(=O)N[C@H](C(=O)N1CCC[C@H]1c1nc(-c2ccc(F)c3ccccc23)cs1)C1CCC(C)(O)CC1.CN[C@@H](C)C(=O)O. The minimum Gasteiger partial charge on any atom is -0.480 e. The van der Waals surface area contributed by atoms with E-state index in [9.17, 15) is 38.2 Å². The fourth-order valence-corrected chi connectivity index (χ4v) is 13.3. The number of rotatable bonds is 13. The molecule has 8 N–H and O–H groups in total. The summed E-state index contributed by atoms with van der Waals surface area (Å²) in [4.78, 5) is 63.8. The maximum absolute atomic E-state index is 14.4. The molecule has 0 unspecified atom stereocenters. The average Bonchev–Trinajstić information content (AvgIpc) is 4.35. The Kier molecular flexibility index (Phi) is 19.3. The number of thiazole rings is 2. The molecule has 3 amide bonds. The lowest BCUT2D eigenvalue weighted by atomic mass is 9.76. The Morgan fingerprint density at radius 1 is 0.633 bits per heavy atom. The molecule has 6 atom stereocenters. The lowest BCUT2D eigenvalue weighted by molar-refractivity contribution is -0.140. The summed E-state index contributed by atoms with van der Waals surface area (Å²) in [6.07, 6.45) is 8.93. The highest BCUT2D eigenvalue weighted by molar-refractivity contribution is 7.10. The van der Waals surface area contributed by atoms with Gasteiger partial charge in [-0.1, -0.05) is 48.5 Å². The van der Waals surface area contributed by atoms with E-state index in [0.717, 1.165) is 81.8 Å². The van der Waals surface area contributed by atoms with Crippen LogP contribution in [0, 0.1) is 23.5 Å². The van der Waals surface area contributed by atoms with Crippen molar-refractivity contribution in [2.45, 2.75) is 152 Å². The maximum Gasteiger partial charge on any atom is 0.320 e. The van der Waals surface area contributed by atoms with Crippen LogP contribution in [0.2, 0.25) is 0 Å². The molecule has 0 spiro atoms. The van der Waals surface area contributed by atoms with Crippen molar-refractivity contribution in [1.82, 2.24) is 35.7 Å². The van der Waals surface area contributed by atoms with Crippen LogP contribution in [0.5, 0.6) is 0 Å². The smallest absolute Gasteiger partial charge is 0.320 e. The zero-order valence-corrected chi connectivity index (χ0v) is 47.6. The number of fused-ring (bicyclic) bond motifs is 2. The molecule has 4 aromatic carbocycles. The third-order valence-electron chi connectivity index (χ3n) is 16.7. The number of carboxylic acids is 1. The number of halogens is 2. The van der Waals surface area contributed by atoms with Crippen LogP contribution in [-0.4, -0.2) is 121 Å². The Hall–Kier alpha value is -5.80. The second-order valence-corrected chi connectivity index (χ2v) is 24.1. The Morgan fingerprint density at radius 3 is 1.47 bits per heavy atom. The van der Waals surface area contributed by atoms with E-state index < -0.39 is 41.3 Å². The first kappa shape index (κ1) is 59.3. The summed E-state index contributed by atoms with van der Waals surface area (Å²) in [6, 6.07) is 19.1. The number of amides is 3. The van der Waals surface area contributed by atoms with E-state index in [1.165, 1.54) is 23.5 Å². The normalized spacial score (nSPS) is 24.6. The molecular formula is C60H76F2N8O7S2. The number of hydrogen-bond acceptors (Lipinski definition) is 13. The average molecular weight is 1120 g/mol. The molecule has 19 heteroatoms. The Balaban J connectivity index is 0.000000188. The van der Waals surface area contributed by atoms with Crippen molar-refractivity contribution in [1.29, 1.82) is 0 Å². The zero-order chi connectivity index (χ0) is 56.8. The van der Waals surface area contributed by atoms with E-state index in [1.807, 2.05) is 70.8 Å². The van der Waals surface area contributed by atoms with Crippen molar-refractivity contribution in [3.63, 3.8) is 0 Å². The summed E-state index contributed by atoms with van der Waals surface area (Å²) in [5, 5.41) is 45.9.